The van der Waals surface area contributed by atoms with E-state index >= 15 is 0 Å². The van der Waals surface area contributed by atoms with Gasteiger partial charge in [0, 0.05) is 10.9 Å². The first-order valence-electron chi connectivity index (χ1n) is 6.33. The molecule has 0 atom stereocenters. The predicted molar refractivity (Wildman–Crippen MR) is 81.1 cm³/mol. The van der Waals surface area contributed by atoms with E-state index in [9.17, 15) is 18.0 Å². The van der Waals surface area contributed by atoms with Crippen LogP contribution in [-0.4, -0.2) is 23.6 Å². The molecule has 0 bridgehead atoms. The molecule has 0 spiro atoms. The molecule has 0 N–H and O–H groups in total. The number of carbonyl (C=O) groups excluding carboxylic acids is 1. The summed E-state index contributed by atoms with van der Waals surface area (Å²) in [5.41, 5.74) is 1.52. The standard InChI is InChI=1S/C15H13F3N2OS/c1-3-11-4-6-12(7-5-11)13(21)20(9-15(16,17)18)14-19-10(2)8-22-14/h3-8H,1,9H2,2H3. The number of anilines is 1. The molecule has 0 aliphatic heterocycles. The Bertz CT molecular complexity index is 677. The quantitative estimate of drug-likeness (QED) is 0.839. The average molecular weight is 326 g/mol. The highest BCUT2D eigenvalue weighted by atomic mass is 32.1. The van der Waals surface area contributed by atoms with E-state index in [-0.39, 0.29) is 10.7 Å². The third-order valence-electron chi connectivity index (χ3n) is 2.81. The summed E-state index contributed by atoms with van der Waals surface area (Å²) in [5, 5.41) is 1.64. The molecule has 1 amide bonds. The van der Waals surface area contributed by atoms with Crippen molar-refractivity contribution >= 4 is 28.5 Å². The summed E-state index contributed by atoms with van der Waals surface area (Å²) < 4.78 is 38.3. The van der Waals surface area contributed by atoms with Gasteiger partial charge < -0.3 is 0 Å². The van der Waals surface area contributed by atoms with Crippen LogP contribution in [0, 0.1) is 6.92 Å². The highest BCUT2D eigenvalue weighted by molar-refractivity contribution is 7.14. The molecule has 0 saturated carbocycles. The highest BCUT2D eigenvalue weighted by Crippen LogP contribution is 2.27. The zero-order valence-electron chi connectivity index (χ0n) is 11.7. The lowest BCUT2D eigenvalue weighted by Gasteiger charge is -2.21. The Hall–Kier alpha value is -2.15. The summed E-state index contributed by atoms with van der Waals surface area (Å²) in [4.78, 5) is 17.0. The number of carbonyl (C=O) groups is 1. The van der Waals surface area contributed by atoms with E-state index in [2.05, 4.69) is 11.6 Å². The van der Waals surface area contributed by atoms with E-state index in [4.69, 9.17) is 0 Å². The Kier molecular flexibility index (Phi) is 4.65. The molecular weight excluding hydrogens is 313 g/mol. The van der Waals surface area contributed by atoms with Crippen LogP contribution in [0.4, 0.5) is 18.3 Å². The minimum Gasteiger partial charge on any atom is -0.275 e. The molecule has 0 unspecified atom stereocenters. The van der Waals surface area contributed by atoms with Gasteiger partial charge in [0.05, 0.1) is 5.69 Å². The average Bonchev–Trinajstić information content (AvgIpc) is 2.89. The molecule has 0 aliphatic rings. The van der Waals surface area contributed by atoms with Crippen molar-refractivity contribution in [3.05, 3.63) is 53.0 Å². The summed E-state index contributed by atoms with van der Waals surface area (Å²) in [6, 6.07) is 6.20. The molecular formula is C15H13F3N2OS. The third-order valence-corrected chi connectivity index (χ3v) is 3.80. The number of aromatic nitrogens is 1. The molecule has 7 heteroatoms. The van der Waals surface area contributed by atoms with Gasteiger partial charge in [0.2, 0.25) is 0 Å². The third kappa shape index (κ3) is 3.94. The summed E-state index contributed by atoms with van der Waals surface area (Å²) >= 11 is 1.01. The van der Waals surface area contributed by atoms with E-state index in [1.165, 1.54) is 12.1 Å². The number of nitrogens with zero attached hydrogens (tertiary/aromatic N) is 2. The second-order valence-electron chi connectivity index (χ2n) is 4.60. The summed E-state index contributed by atoms with van der Waals surface area (Å²) in [7, 11) is 0. The largest absolute Gasteiger partial charge is 0.406 e. The van der Waals surface area contributed by atoms with Gasteiger partial charge in [-0.2, -0.15) is 13.2 Å². The van der Waals surface area contributed by atoms with Crippen LogP contribution >= 0.6 is 11.3 Å². The minimum absolute atomic E-state index is 0.0348. The summed E-state index contributed by atoms with van der Waals surface area (Å²) in [5.74, 6) is -0.734. The summed E-state index contributed by atoms with van der Waals surface area (Å²) in [6.07, 6.45) is -2.91. The van der Waals surface area contributed by atoms with E-state index < -0.39 is 18.6 Å². The van der Waals surface area contributed by atoms with Crippen LogP contribution in [0.5, 0.6) is 0 Å². The van der Waals surface area contributed by atoms with Crippen LogP contribution in [0.2, 0.25) is 0 Å². The Labute approximate surface area is 129 Å². The molecule has 1 aromatic carbocycles. The number of alkyl halides is 3. The van der Waals surface area contributed by atoms with Crippen LogP contribution in [0.25, 0.3) is 6.08 Å². The maximum absolute atomic E-state index is 12.8. The van der Waals surface area contributed by atoms with Crippen LogP contribution in [0.15, 0.2) is 36.2 Å². The van der Waals surface area contributed by atoms with Gasteiger partial charge >= 0.3 is 6.18 Å². The second-order valence-corrected chi connectivity index (χ2v) is 5.44. The number of benzene rings is 1. The number of hydrogen-bond acceptors (Lipinski definition) is 3. The molecule has 0 aliphatic carbocycles. The Morgan fingerprint density at radius 2 is 2.00 bits per heavy atom. The number of thiazole rings is 1. The van der Waals surface area contributed by atoms with Crippen molar-refractivity contribution in [3.63, 3.8) is 0 Å². The fraction of sp³-hybridized carbons (Fsp3) is 0.200. The minimum atomic E-state index is -4.50. The second kappa shape index (κ2) is 6.31. The van der Waals surface area contributed by atoms with Crippen molar-refractivity contribution in [3.8, 4) is 0 Å². The predicted octanol–water partition coefficient (Wildman–Crippen LogP) is 4.30. The normalized spacial score (nSPS) is 11.3. The van der Waals surface area contributed by atoms with Crippen molar-refractivity contribution in [2.75, 3.05) is 11.4 Å². The molecule has 1 aromatic heterocycles. The number of amides is 1. The van der Waals surface area contributed by atoms with E-state index in [0.717, 1.165) is 16.9 Å². The smallest absolute Gasteiger partial charge is 0.275 e. The molecule has 0 fully saturated rings. The monoisotopic (exact) mass is 326 g/mol. The SMILES string of the molecule is C=Cc1ccc(C(=O)N(CC(F)(F)F)c2nc(C)cs2)cc1. The van der Waals surface area contributed by atoms with E-state index in [1.807, 2.05) is 0 Å². The van der Waals surface area contributed by atoms with Gasteiger partial charge in [-0.3, -0.25) is 9.69 Å². The lowest BCUT2D eigenvalue weighted by atomic mass is 10.1. The number of aryl methyl sites for hydroxylation is 1. The van der Waals surface area contributed by atoms with Gasteiger partial charge in [-0.15, -0.1) is 11.3 Å². The van der Waals surface area contributed by atoms with E-state index in [0.29, 0.717) is 10.6 Å². The van der Waals surface area contributed by atoms with Gasteiger partial charge in [0.25, 0.3) is 5.91 Å². The Morgan fingerprint density at radius 3 is 2.45 bits per heavy atom. The molecule has 22 heavy (non-hydrogen) atoms. The topological polar surface area (TPSA) is 33.2 Å². The Morgan fingerprint density at radius 1 is 1.36 bits per heavy atom. The van der Waals surface area contributed by atoms with Crippen LogP contribution in [0.3, 0.4) is 0 Å². The van der Waals surface area contributed by atoms with Crippen LogP contribution in [-0.2, 0) is 0 Å². The molecule has 0 radical (unpaired) electrons. The first-order valence-corrected chi connectivity index (χ1v) is 7.21. The zero-order chi connectivity index (χ0) is 16.3. The van der Waals surface area contributed by atoms with Crippen LogP contribution in [0.1, 0.15) is 21.6 Å². The molecule has 1 heterocycles. The first kappa shape index (κ1) is 16.2. The molecule has 0 saturated heterocycles. The van der Waals surface area contributed by atoms with Gasteiger partial charge in [-0.05, 0) is 24.6 Å². The molecule has 3 nitrogen and oxygen atoms in total. The molecule has 2 aromatic rings. The van der Waals surface area contributed by atoms with Crippen molar-refractivity contribution in [2.45, 2.75) is 13.1 Å². The zero-order valence-corrected chi connectivity index (χ0v) is 12.5. The fourth-order valence-electron chi connectivity index (χ4n) is 1.79. The van der Waals surface area contributed by atoms with Crippen molar-refractivity contribution < 1.29 is 18.0 Å². The first-order chi connectivity index (χ1) is 10.3. The molecule has 2 rings (SSSR count). The number of hydrogen-bond donors (Lipinski definition) is 0. The lowest BCUT2D eigenvalue weighted by Crippen LogP contribution is -2.39. The van der Waals surface area contributed by atoms with Gasteiger partial charge in [-0.25, -0.2) is 4.98 Å². The van der Waals surface area contributed by atoms with Gasteiger partial charge in [-0.1, -0.05) is 24.8 Å². The maximum Gasteiger partial charge on any atom is 0.406 e. The van der Waals surface area contributed by atoms with Crippen molar-refractivity contribution in [2.24, 2.45) is 0 Å². The lowest BCUT2D eigenvalue weighted by molar-refractivity contribution is -0.118. The maximum atomic E-state index is 12.8. The van der Waals surface area contributed by atoms with Crippen molar-refractivity contribution in [1.82, 2.24) is 4.98 Å². The summed E-state index contributed by atoms with van der Waals surface area (Å²) in [6.45, 7) is 3.88. The van der Waals surface area contributed by atoms with Gasteiger partial charge in [0.1, 0.15) is 6.54 Å². The van der Waals surface area contributed by atoms with Gasteiger partial charge in [0.15, 0.2) is 5.13 Å². The highest BCUT2D eigenvalue weighted by Gasteiger charge is 2.35. The molecule has 116 valence electrons. The van der Waals surface area contributed by atoms with E-state index in [1.54, 1.807) is 30.5 Å². The Balaban J connectivity index is 2.34. The number of rotatable bonds is 4. The van der Waals surface area contributed by atoms with Crippen LogP contribution < -0.4 is 4.90 Å². The van der Waals surface area contributed by atoms with Crippen molar-refractivity contribution in [1.29, 1.82) is 0 Å². The fourth-order valence-corrected chi connectivity index (χ4v) is 2.59. The number of halogens is 3.